The molecule has 6 heteroatoms. The second kappa shape index (κ2) is 4.59. The van der Waals surface area contributed by atoms with Crippen LogP contribution < -0.4 is 5.73 Å². The molecule has 1 saturated heterocycles. The predicted octanol–water partition coefficient (Wildman–Crippen LogP) is 0.318. The molecule has 1 unspecified atom stereocenters. The number of nitrogens with two attached hydrogens (primary N) is 1. The van der Waals surface area contributed by atoms with E-state index in [2.05, 4.69) is 19.7 Å². The van der Waals surface area contributed by atoms with E-state index in [1.54, 1.807) is 0 Å². The van der Waals surface area contributed by atoms with Crippen molar-refractivity contribution < 1.29 is 0 Å². The second-order valence-corrected chi connectivity index (χ2v) is 6.05. The fourth-order valence-electron chi connectivity index (χ4n) is 2.85. The molecule has 3 heterocycles. The highest BCUT2D eigenvalue weighted by Gasteiger charge is 2.38. The van der Waals surface area contributed by atoms with Gasteiger partial charge in [-0.2, -0.15) is 11.8 Å². The van der Waals surface area contributed by atoms with Gasteiger partial charge in [-0.3, -0.25) is 4.90 Å². The summed E-state index contributed by atoms with van der Waals surface area (Å²) in [6.07, 6.45) is 4.34. The predicted molar refractivity (Wildman–Crippen MR) is 68.8 cm³/mol. The highest BCUT2D eigenvalue weighted by atomic mass is 32.2. The van der Waals surface area contributed by atoms with Crippen molar-refractivity contribution in [2.45, 2.75) is 31.5 Å². The minimum absolute atomic E-state index is 0.195. The van der Waals surface area contributed by atoms with Crippen LogP contribution in [-0.2, 0) is 13.1 Å². The lowest BCUT2D eigenvalue weighted by molar-refractivity contribution is 0.0712. The Morgan fingerprint density at radius 3 is 3.18 bits per heavy atom. The zero-order valence-corrected chi connectivity index (χ0v) is 10.8. The molecule has 1 aromatic rings. The molecule has 0 aliphatic carbocycles. The second-order valence-electron chi connectivity index (χ2n) is 4.95. The van der Waals surface area contributed by atoms with Gasteiger partial charge in [-0.25, -0.2) is 0 Å². The van der Waals surface area contributed by atoms with Gasteiger partial charge in [-0.1, -0.05) is 0 Å². The molecule has 1 aromatic heterocycles. The van der Waals surface area contributed by atoms with Gasteiger partial charge in [0, 0.05) is 30.9 Å². The van der Waals surface area contributed by atoms with Crippen molar-refractivity contribution in [1.82, 2.24) is 19.7 Å². The van der Waals surface area contributed by atoms with Crippen LogP contribution in [0.15, 0.2) is 6.33 Å². The lowest BCUT2D eigenvalue weighted by atomic mass is 9.92. The van der Waals surface area contributed by atoms with E-state index in [4.69, 9.17) is 5.73 Å². The molecule has 17 heavy (non-hydrogen) atoms. The molecule has 94 valence electrons. The summed E-state index contributed by atoms with van der Waals surface area (Å²) in [6, 6.07) is 0. The maximum Gasteiger partial charge on any atom is 0.147 e. The van der Waals surface area contributed by atoms with Crippen molar-refractivity contribution >= 4 is 11.8 Å². The molecule has 0 amide bonds. The van der Waals surface area contributed by atoms with Crippen LogP contribution in [0, 0.1) is 0 Å². The molecular weight excluding hydrogens is 234 g/mol. The average molecular weight is 253 g/mol. The number of hydrogen-bond acceptors (Lipinski definition) is 5. The van der Waals surface area contributed by atoms with Crippen molar-refractivity contribution in [3.8, 4) is 0 Å². The number of hydrogen-bond donors (Lipinski definition) is 1. The van der Waals surface area contributed by atoms with Crippen LogP contribution in [0.2, 0.25) is 0 Å². The van der Waals surface area contributed by atoms with E-state index in [0.717, 1.165) is 37.8 Å². The first kappa shape index (κ1) is 11.5. The summed E-state index contributed by atoms with van der Waals surface area (Å²) in [4.78, 5) is 2.53. The maximum absolute atomic E-state index is 6.07. The standard InChI is InChI=1S/C11H19N5S/c12-7-11(2-1-5-17-8-11)16-4-3-15-9-13-14-10(15)6-16/h9H,1-8,12H2. The topological polar surface area (TPSA) is 60.0 Å². The van der Waals surface area contributed by atoms with Crippen molar-refractivity contribution in [3.63, 3.8) is 0 Å². The zero-order valence-electron chi connectivity index (χ0n) is 10.0. The van der Waals surface area contributed by atoms with E-state index in [-0.39, 0.29) is 5.54 Å². The fraction of sp³-hybridized carbons (Fsp3) is 0.818. The van der Waals surface area contributed by atoms with Gasteiger partial charge in [0.2, 0.25) is 0 Å². The summed E-state index contributed by atoms with van der Waals surface area (Å²) in [5, 5.41) is 8.17. The molecule has 3 rings (SSSR count). The Hall–Kier alpha value is -0.590. The Bertz CT molecular complexity index is 385. The Balaban J connectivity index is 1.80. The molecule has 1 atom stereocenters. The van der Waals surface area contributed by atoms with E-state index >= 15 is 0 Å². The van der Waals surface area contributed by atoms with E-state index in [9.17, 15) is 0 Å². The fourth-order valence-corrected chi connectivity index (χ4v) is 4.17. The Morgan fingerprint density at radius 1 is 1.47 bits per heavy atom. The summed E-state index contributed by atoms with van der Waals surface area (Å²) in [6.45, 7) is 3.73. The van der Waals surface area contributed by atoms with Crippen molar-refractivity contribution in [2.75, 3.05) is 24.6 Å². The minimum Gasteiger partial charge on any atom is -0.329 e. The zero-order chi connectivity index (χ0) is 11.7. The minimum atomic E-state index is 0.195. The summed E-state index contributed by atoms with van der Waals surface area (Å²) >= 11 is 2.04. The number of aromatic nitrogens is 3. The van der Waals surface area contributed by atoms with Crippen LogP contribution in [0.5, 0.6) is 0 Å². The van der Waals surface area contributed by atoms with Gasteiger partial charge in [-0.05, 0) is 18.6 Å². The monoisotopic (exact) mass is 253 g/mol. The molecule has 0 radical (unpaired) electrons. The molecule has 0 bridgehead atoms. The third kappa shape index (κ3) is 1.98. The molecule has 5 nitrogen and oxygen atoms in total. The molecule has 0 aromatic carbocycles. The quantitative estimate of drug-likeness (QED) is 0.822. The first-order chi connectivity index (χ1) is 8.34. The van der Waals surface area contributed by atoms with Crippen LogP contribution >= 0.6 is 11.8 Å². The highest BCUT2D eigenvalue weighted by Crippen LogP contribution is 2.33. The number of nitrogens with zero attached hydrogens (tertiary/aromatic N) is 4. The maximum atomic E-state index is 6.07. The summed E-state index contributed by atoms with van der Waals surface area (Å²) in [7, 11) is 0. The van der Waals surface area contributed by atoms with Crippen LogP contribution in [0.4, 0.5) is 0 Å². The van der Waals surface area contributed by atoms with Crippen molar-refractivity contribution in [3.05, 3.63) is 12.2 Å². The van der Waals surface area contributed by atoms with E-state index in [1.165, 1.54) is 18.6 Å². The Labute approximate surface area is 106 Å². The molecule has 1 fully saturated rings. The van der Waals surface area contributed by atoms with E-state index < -0.39 is 0 Å². The highest BCUT2D eigenvalue weighted by molar-refractivity contribution is 7.99. The summed E-state index contributed by atoms with van der Waals surface area (Å²) < 4.78 is 2.15. The van der Waals surface area contributed by atoms with Crippen LogP contribution in [0.25, 0.3) is 0 Å². The van der Waals surface area contributed by atoms with Crippen LogP contribution in [0.1, 0.15) is 18.7 Å². The normalized spacial score (nSPS) is 30.2. The SMILES string of the molecule is NCC1(N2CCn3cnnc3C2)CCCSC1. The third-order valence-corrected chi connectivity index (χ3v) is 5.31. The lowest BCUT2D eigenvalue weighted by Gasteiger charge is -2.46. The summed E-state index contributed by atoms with van der Waals surface area (Å²) in [5.41, 5.74) is 6.26. The Kier molecular flexibility index (Phi) is 3.10. The number of thioether (sulfide) groups is 1. The smallest absolute Gasteiger partial charge is 0.147 e. The molecular formula is C11H19N5S. The number of rotatable bonds is 2. The van der Waals surface area contributed by atoms with E-state index in [1.807, 2.05) is 18.1 Å². The van der Waals surface area contributed by atoms with Crippen LogP contribution in [0.3, 0.4) is 0 Å². The van der Waals surface area contributed by atoms with Gasteiger partial charge < -0.3 is 10.3 Å². The number of fused-ring (bicyclic) bond motifs is 1. The van der Waals surface area contributed by atoms with E-state index in [0.29, 0.717) is 0 Å². The van der Waals surface area contributed by atoms with Crippen molar-refractivity contribution in [2.24, 2.45) is 5.73 Å². The Morgan fingerprint density at radius 2 is 2.41 bits per heavy atom. The van der Waals surface area contributed by atoms with Crippen molar-refractivity contribution in [1.29, 1.82) is 0 Å². The van der Waals surface area contributed by atoms with Gasteiger partial charge >= 0.3 is 0 Å². The first-order valence-corrected chi connectivity index (χ1v) is 7.39. The van der Waals surface area contributed by atoms with Gasteiger partial charge in [0.05, 0.1) is 6.54 Å². The third-order valence-electron chi connectivity index (χ3n) is 3.99. The van der Waals surface area contributed by atoms with Gasteiger partial charge in [-0.15, -0.1) is 10.2 Å². The molecule has 2 N–H and O–H groups in total. The molecule has 2 aliphatic rings. The molecule has 0 saturated carbocycles. The lowest BCUT2D eigenvalue weighted by Crippen LogP contribution is -2.58. The molecule has 0 spiro atoms. The average Bonchev–Trinajstić information content (AvgIpc) is 2.86. The largest absolute Gasteiger partial charge is 0.329 e. The molecule has 2 aliphatic heterocycles. The van der Waals surface area contributed by atoms with Gasteiger partial charge in [0.15, 0.2) is 0 Å². The first-order valence-electron chi connectivity index (χ1n) is 6.24. The van der Waals surface area contributed by atoms with Gasteiger partial charge in [0.25, 0.3) is 0 Å². The summed E-state index contributed by atoms with van der Waals surface area (Å²) in [5.74, 6) is 3.53. The van der Waals surface area contributed by atoms with Crippen LogP contribution in [-0.4, -0.2) is 49.8 Å². The van der Waals surface area contributed by atoms with Gasteiger partial charge in [0.1, 0.15) is 12.2 Å².